The number of unbranched alkanes of at least 4 members (excludes halogenated alkanes) is 1. The molecule has 0 fully saturated rings. The number of aliphatic hydroxyl groups excluding tert-OH is 1. The van der Waals surface area contributed by atoms with Crippen LogP contribution in [0.1, 0.15) is 57.7 Å². The molecule has 0 bridgehead atoms. The van der Waals surface area contributed by atoms with Gasteiger partial charge in [-0.05, 0) is 51.3 Å². The number of alkyl carbamates (subject to hydrolysis) is 1. The fourth-order valence-electron chi connectivity index (χ4n) is 3.62. The van der Waals surface area contributed by atoms with Crippen LogP contribution in [0.15, 0.2) is 48.5 Å². The van der Waals surface area contributed by atoms with Gasteiger partial charge in [0.2, 0.25) is 5.91 Å². The van der Waals surface area contributed by atoms with Crippen molar-refractivity contribution in [1.29, 1.82) is 0 Å². The minimum absolute atomic E-state index is 0.232. The number of benzene rings is 2. The highest BCUT2D eigenvalue weighted by Crippen LogP contribution is 2.29. The number of nitrogens with zero attached hydrogens (tertiary/aromatic N) is 1. The Morgan fingerprint density at radius 2 is 1.75 bits per heavy atom. The maximum absolute atomic E-state index is 13.7. The van der Waals surface area contributed by atoms with E-state index in [-0.39, 0.29) is 6.54 Å². The lowest BCUT2D eigenvalue weighted by molar-refractivity contribution is -0.141. The topological polar surface area (TPSA) is 108 Å². The lowest BCUT2D eigenvalue weighted by Crippen LogP contribution is -2.54. The van der Waals surface area contributed by atoms with Crippen LogP contribution in [0.5, 0.6) is 0 Å². The summed E-state index contributed by atoms with van der Waals surface area (Å²) in [4.78, 5) is 41.1. The molecule has 0 aliphatic rings. The minimum Gasteiger partial charge on any atom is -0.444 e. The molecule has 0 aliphatic heterocycles. The van der Waals surface area contributed by atoms with Gasteiger partial charge in [0.25, 0.3) is 5.91 Å². The van der Waals surface area contributed by atoms with Crippen LogP contribution < -0.4 is 10.6 Å². The van der Waals surface area contributed by atoms with Crippen LogP contribution in [0, 0.1) is 6.92 Å². The standard InChI is InChI=1S/C27H36ClN3O5/c1-6-7-16-31(25(34)21(17-32)29-26(35)36-27(3,4)5)23(19-13-9-8-10-14-19)24(33)30-22-18(2)12-11-15-20(22)28/h8-15,21,23,32H,6-7,16-17H2,1-5H3,(H,29,35)(H,30,33). The summed E-state index contributed by atoms with van der Waals surface area (Å²) in [5, 5.41) is 15.7. The van der Waals surface area contributed by atoms with Gasteiger partial charge in [0.15, 0.2) is 0 Å². The first-order valence-electron chi connectivity index (χ1n) is 12.0. The molecular formula is C27H36ClN3O5. The third-order valence-corrected chi connectivity index (χ3v) is 5.67. The molecule has 36 heavy (non-hydrogen) atoms. The number of hydrogen-bond donors (Lipinski definition) is 3. The number of para-hydroxylation sites is 1. The molecule has 0 heterocycles. The number of ether oxygens (including phenoxy) is 1. The van der Waals surface area contributed by atoms with E-state index in [0.29, 0.717) is 22.7 Å². The molecule has 0 saturated carbocycles. The van der Waals surface area contributed by atoms with Crippen LogP contribution in [0.3, 0.4) is 0 Å². The first kappa shape index (κ1) is 29.1. The molecule has 2 aromatic rings. The van der Waals surface area contributed by atoms with Crippen LogP contribution in [-0.2, 0) is 14.3 Å². The predicted molar refractivity (Wildman–Crippen MR) is 141 cm³/mol. The zero-order chi connectivity index (χ0) is 26.9. The van der Waals surface area contributed by atoms with Gasteiger partial charge in [0.05, 0.1) is 17.3 Å². The molecule has 8 nitrogen and oxygen atoms in total. The number of carbonyl (C=O) groups is 3. The Hall–Kier alpha value is -3.10. The van der Waals surface area contributed by atoms with E-state index in [1.165, 1.54) is 4.90 Å². The number of anilines is 1. The van der Waals surface area contributed by atoms with Gasteiger partial charge in [-0.1, -0.05) is 67.4 Å². The van der Waals surface area contributed by atoms with Gasteiger partial charge >= 0.3 is 6.09 Å². The van der Waals surface area contributed by atoms with E-state index in [4.69, 9.17) is 16.3 Å². The number of nitrogens with one attached hydrogen (secondary N) is 2. The van der Waals surface area contributed by atoms with Gasteiger partial charge in [0.1, 0.15) is 17.7 Å². The van der Waals surface area contributed by atoms with Crippen LogP contribution in [0.25, 0.3) is 0 Å². The van der Waals surface area contributed by atoms with Crippen molar-refractivity contribution in [2.45, 2.75) is 65.1 Å². The van der Waals surface area contributed by atoms with E-state index in [1.807, 2.05) is 26.0 Å². The molecule has 0 aromatic heterocycles. The highest BCUT2D eigenvalue weighted by Gasteiger charge is 2.36. The molecule has 0 radical (unpaired) electrons. The molecule has 0 saturated heterocycles. The van der Waals surface area contributed by atoms with Crippen molar-refractivity contribution in [2.24, 2.45) is 0 Å². The second kappa shape index (κ2) is 13.3. The maximum atomic E-state index is 13.7. The molecule has 9 heteroatoms. The van der Waals surface area contributed by atoms with E-state index < -0.39 is 42.2 Å². The molecular weight excluding hydrogens is 482 g/mol. The van der Waals surface area contributed by atoms with Gasteiger partial charge < -0.3 is 25.4 Å². The minimum atomic E-state index is -1.29. The van der Waals surface area contributed by atoms with Gasteiger partial charge in [-0.2, -0.15) is 0 Å². The van der Waals surface area contributed by atoms with Crippen LogP contribution >= 0.6 is 11.6 Å². The monoisotopic (exact) mass is 517 g/mol. The van der Waals surface area contributed by atoms with E-state index in [0.717, 1.165) is 12.0 Å². The normalized spacial score (nSPS) is 12.9. The smallest absolute Gasteiger partial charge is 0.408 e. The highest BCUT2D eigenvalue weighted by molar-refractivity contribution is 6.34. The predicted octanol–water partition coefficient (Wildman–Crippen LogP) is 4.84. The Labute approximate surface area is 218 Å². The molecule has 2 atom stereocenters. The lowest BCUT2D eigenvalue weighted by Gasteiger charge is -2.34. The van der Waals surface area contributed by atoms with Crippen molar-refractivity contribution in [3.8, 4) is 0 Å². The average molecular weight is 518 g/mol. The fraction of sp³-hybridized carbons (Fsp3) is 0.444. The molecule has 2 rings (SSSR count). The fourth-order valence-corrected chi connectivity index (χ4v) is 3.89. The summed E-state index contributed by atoms with van der Waals surface area (Å²) in [5.41, 5.74) is 1.03. The van der Waals surface area contributed by atoms with Gasteiger partial charge in [0, 0.05) is 6.54 Å². The summed E-state index contributed by atoms with van der Waals surface area (Å²) in [6, 6.07) is 11.8. The first-order chi connectivity index (χ1) is 17.0. The van der Waals surface area contributed by atoms with Crippen molar-refractivity contribution >= 4 is 35.2 Å². The molecule has 2 unspecified atom stereocenters. The highest BCUT2D eigenvalue weighted by atomic mass is 35.5. The van der Waals surface area contributed by atoms with E-state index in [9.17, 15) is 19.5 Å². The summed E-state index contributed by atoms with van der Waals surface area (Å²) in [5.74, 6) is -1.06. The Bertz CT molecular complexity index is 1020. The number of amides is 3. The summed E-state index contributed by atoms with van der Waals surface area (Å²) >= 11 is 6.34. The Balaban J connectivity index is 2.46. The summed E-state index contributed by atoms with van der Waals surface area (Å²) in [7, 11) is 0. The second-order valence-electron chi connectivity index (χ2n) is 9.50. The first-order valence-corrected chi connectivity index (χ1v) is 12.4. The third-order valence-electron chi connectivity index (χ3n) is 5.35. The quantitative estimate of drug-likeness (QED) is 0.418. The zero-order valence-corrected chi connectivity index (χ0v) is 22.3. The number of hydrogen-bond acceptors (Lipinski definition) is 5. The van der Waals surface area contributed by atoms with Gasteiger partial charge in [-0.25, -0.2) is 4.79 Å². The molecule has 196 valence electrons. The van der Waals surface area contributed by atoms with Crippen molar-refractivity contribution in [3.05, 3.63) is 64.7 Å². The van der Waals surface area contributed by atoms with Gasteiger partial charge in [-0.3, -0.25) is 9.59 Å². The van der Waals surface area contributed by atoms with E-state index >= 15 is 0 Å². The van der Waals surface area contributed by atoms with E-state index in [2.05, 4.69) is 10.6 Å². The molecule has 0 aliphatic carbocycles. The largest absolute Gasteiger partial charge is 0.444 e. The number of halogens is 1. The average Bonchev–Trinajstić information content (AvgIpc) is 2.81. The molecule has 2 aromatic carbocycles. The number of aryl methyl sites for hydroxylation is 1. The number of rotatable bonds is 10. The Morgan fingerprint density at radius 3 is 2.31 bits per heavy atom. The Kier molecular flexibility index (Phi) is 10.7. The maximum Gasteiger partial charge on any atom is 0.408 e. The van der Waals surface area contributed by atoms with Crippen LogP contribution in [0.4, 0.5) is 10.5 Å². The molecule has 3 amide bonds. The zero-order valence-electron chi connectivity index (χ0n) is 21.5. The summed E-state index contributed by atoms with van der Waals surface area (Å²) in [6.45, 7) is 8.46. The SMILES string of the molecule is CCCCN(C(=O)C(CO)NC(=O)OC(C)(C)C)C(C(=O)Nc1c(C)cccc1Cl)c1ccccc1. The molecule has 0 spiro atoms. The van der Waals surface area contributed by atoms with Crippen molar-refractivity contribution < 1.29 is 24.2 Å². The van der Waals surface area contributed by atoms with Gasteiger partial charge in [-0.15, -0.1) is 0 Å². The van der Waals surface area contributed by atoms with E-state index in [1.54, 1.807) is 57.2 Å². The van der Waals surface area contributed by atoms with Crippen molar-refractivity contribution in [3.63, 3.8) is 0 Å². The summed E-state index contributed by atoms with van der Waals surface area (Å²) < 4.78 is 5.25. The number of aliphatic hydroxyl groups is 1. The Morgan fingerprint density at radius 1 is 1.08 bits per heavy atom. The number of carbonyl (C=O) groups excluding carboxylic acids is 3. The van der Waals surface area contributed by atoms with Crippen molar-refractivity contribution in [1.82, 2.24) is 10.2 Å². The molecule has 3 N–H and O–H groups in total. The lowest BCUT2D eigenvalue weighted by atomic mass is 10.0. The van der Waals surface area contributed by atoms with Crippen LogP contribution in [0.2, 0.25) is 5.02 Å². The summed E-state index contributed by atoms with van der Waals surface area (Å²) in [6.07, 6.45) is 0.537. The van der Waals surface area contributed by atoms with Crippen molar-refractivity contribution in [2.75, 3.05) is 18.5 Å². The van der Waals surface area contributed by atoms with Crippen LogP contribution in [-0.4, -0.2) is 52.7 Å². The second-order valence-corrected chi connectivity index (χ2v) is 9.91. The third kappa shape index (κ3) is 8.24.